The van der Waals surface area contributed by atoms with Gasteiger partial charge in [0.05, 0.1) is 18.1 Å². The maximum atomic E-state index is 13.1. The van der Waals surface area contributed by atoms with Gasteiger partial charge in [0, 0.05) is 25.2 Å². The Morgan fingerprint density at radius 3 is 2.30 bits per heavy atom. The summed E-state index contributed by atoms with van der Waals surface area (Å²) in [7, 11) is -3.63. The van der Waals surface area contributed by atoms with E-state index in [1.165, 1.54) is 42.8 Å². The first kappa shape index (κ1) is 20.5. The number of morpholine rings is 1. The lowest BCUT2D eigenvalue weighted by Gasteiger charge is -2.56. The van der Waals surface area contributed by atoms with Crippen molar-refractivity contribution in [1.82, 2.24) is 9.62 Å². The van der Waals surface area contributed by atoms with Crippen molar-refractivity contribution in [2.24, 2.45) is 23.2 Å². The van der Waals surface area contributed by atoms with E-state index in [1.54, 1.807) is 25.1 Å². The van der Waals surface area contributed by atoms with Gasteiger partial charge in [0.25, 0.3) is 5.91 Å². The molecule has 1 saturated heterocycles. The molecule has 0 spiro atoms. The summed E-state index contributed by atoms with van der Waals surface area (Å²) in [6.45, 7) is 4.01. The molecule has 1 aromatic carbocycles. The monoisotopic (exact) mass is 432 g/mol. The molecular formula is C23H32N2O4S. The summed E-state index contributed by atoms with van der Waals surface area (Å²) in [6.07, 6.45) is 7.87. The quantitative estimate of drug-likeness (QED) is 0.776. The minimum atomic E-state index is -3.63. The fourth-order valence-electron chi connectivity index (χ4n) is 6.82. The number of hydrogen-bond donors (Lipinski definition) is 1. The SMILES string of the molecule is Cc1ccc(C(=O)NCC23CC4CC(CC(C4)C2)C3)cc1S(=O)(=O)N1CCOCC1. The average molecular weight is 433 g/mol. The first-order valence-electron chi connectivity index (χ1n) is 11.3. The molecule has 6 rings (SSSR count). The molecule has 0 aromatic heterocycles. The van der Waals surface area contributed by atoms with Crippen LogP contribution in [-0.4, -0.2) is 51.5 Å². The summed E-state index contributed by atoms with van der Waals surface area (Å²) >= 11 is 0. The highest BCUT2D eigenvalue weighted by molar-refractivity contribution is 7.89. The van der Waals surface area contributed by atoms with Gasteiger partial charge in [-0.2, -0.15) is 4.31 Å². The highest BCUT2D eigenvalue weighted by Crippen LogP contribution is 2.59. The van der Waals surface area contributed by atoms with Gasteiger partial charge in [0.1, 0.15) is 0 Å². The second kappa shape index (κ2) is 7.61. The van der Waals surface area contributed by atoms with Gasteiger partial charge in [-0.05, 0) is 86.3 Å². The highest BCUT2D eigenvalue weighted by atomic mass is 32.2. The molecule has 0 radical (unpaired) electrons. The second-order valence-corrected chi connectivity index (χ2v) is 12.0. The Morgan fingerprint density at radius 2 is 1.70 bits per heavy atom. The fourth-order valence-corrected chi connectivity index (χ4v) is 8.48. The van der Waals surface area contributed by atoms with Gasteiger partial charge in [-0.3, -0.25) is 4.79 Å². The maximum absolute atomic E-state index is 13.1. The molecular weight excluding hydrogens is 400 g/mol. The van der Waals surface area contributed by atoms with E-state index < -0.39 is 10.0 Å². The predicted molar refractivity (Wildman–Crippen MR) is 114 cm³/mol. The van der Waals surface area contributed by atoms with Crippen molar-refractivity contribution < 1.29 is 17.9 Å². The Labute approximate surface area is 179 Å². The standard InChI is InChI=1S/C23H32N2O4S/c1-16-2-3-20(11-21(16)30(27,28)25-4-6-29-7-5-25)22(26)24-15-23-12-17-8-18(13-23)10-19(9-17)14-23/h2-3,11,17-19H,4-10,12-15H2,1H3,(H,24,26). The molecule has 5 aliphatic rings. The van der Waals surface area contributed by atoms with E-state index in [4.69, 9.17) is 4.74 Å². The van der Waals surface area contributed by atoms with Crippen LogP contribution in [0.5, 0.6) is 0 Å². The van der Waals surface area contributed by atoms with Crippen LogP contribution in [0.3, 0.4) is 0 Å². The van der Waals surface area contributed by atoms with Gasteiger partial charge in [0.15, 0.2) is 0 Å². The van der Waals surface area contributed by atoms with Gasteiger partial charge in [-0.1, -0.05) is 6.07 Å². The molecule has 1 aromatic rings. The Kier molecular flexibility index (Phi) is 5.19. The Morgan fingerprint density at radius 1 is 1.10 bits per heavy atom. The van der Waals surface area contributed by atoms with Crippen molar-refractivity contribution in [3.63, 3.8) is 0 Å². The first-order valence-corrected chi connectivity index (χ1v) is 12.8. The van der Waals surface area contributed by atoms with E-state index in [0.29, 0.717) is 37.4 Å². The van der Waals surface area contributed by atoms with Gasteiger partial charge < -0.3 is 10.1 Å². The third kappa shape index (κ3) is 3.69. The largest absolute Gasteiger partial charge is 0.379 e. The van der Waals surface area contributed by atoms with E-state index in [-0.39, 0.29) is 16.2 Å². The summed E-state index contributed by atoms with van der Waals surface area (Å²) in [5.74, 6) is 2.37. The number of nitrogens with zero attached hydrogens (tertiary/aromatic N) is 1. The zero-order chi connectivity index (χ0) is 20.9. The van der Waals surface area contributed by atoms with E-state index in [0.717, 1.165) is 24.3 Å². The molecule has 164 valence electrons. The topological polar surface area (TPSA) is 75.7 Å². The summed E-state index contributed by atoms with van der Waals surface area (Å²) < 4.78 is 33.0. The molecule has 1 amide bonds. The normalized spacial score (nSPS) is 33.6. The predicted octanol–water partition coefficient (Wildman–Crippen LogP) is 2.96. The van der Waals surface area contributed by atoms with Crippen LogP contribution in [0.2, 0.25) is 0 Å². The zero-order valence-electron chi connectivity index (χ0n) is 17.7. The number of hydrogen-bond acceptors (Lipinski definition) is 4. The van der Waals surface area contributed by atoms with E-state index >= 15 is 0 Å². The number of sulfonamides is 1. The zero-order valence-corrected chi connectivity index (χ0v) is 18.5. The van der Waals surface area contributed by atoms with Crippen LogP contribution in [0.4, 0.5) is 0 Å². The van der Waals surface area contributed by atoms with Crippen LogP contribution >= 0.6 is 0 Å². The van der Waals surface area contributed by atoms with Gasteiger partial charge in [-0.25, -0.2) is 8.42 Å². The van der Waals surface area contributed by atoms with Crippen LogP contribution in [0.15, 0.2) is 23.1 Å². The highest BCUT2D eigenvalue weighted by Gasteiger charge is 2.50. The Bertz CT molecular complexity index is 901. The molecule has 4 bridgehead atoms. The summed E-state index contributed by atoms with van der Waals surface area (Å²) in [6, 6.07) is 5.03. The lowest BCUT2D eigenvalue weighted by molar-refractivity contribution is -0.0503. The van der Waals surface area contributed by atoms with Crippen molar-refractivity contribution in [1.29, 1.82) is 0 Å². The number of rotatable bonds is 5. The number of benzene rings is 1. The molecule has 4 saturated carbocycles. The molecule has 1 aliphatic heterocycles. The fraction of sp³-hybridized carbons (Fsp3) is 0.696. The molecule has 5 fully saturated rings. The van der Waals surface area contributed by atoms with Crippen LogP contribution in [0.1, 0.15) is 54.4 Å². The first-order chi connectivity index (χ1) is 14.3. The van der Waals surface area contributed by atoms with E-state index in [1.807, 2.05) is 0 Å². The van der Waals surface area contributed by atoms with Crippen LogP contribution in [-0.2, 0) is 14.8 Å². The lowest BCUT2D eigenvalue weighted by atomic mass is 9.49. The molecule has 0 atom stereocenters. The molecule has 1 heterocycles. The van der Waals surface area contributed by atoms with Crippen molar-refractivity contribution in [3.8, 4) is 0 Å². The van der Waals surface area contributed by atoms with Gasteiger partial charge >= 0.3 is 0 Å². The van der Waals surface area contributed by atoms with Crippen molar-refractivity contribution in [2.45, 2.75) is 50.3 Å². The van der Waals surface area contributed by atoms with Crippen LogP contribution < -0.4 is 5.32 Å². The van der Waals surface area contributed by atoms with Gasteiger partial charge in [-0.15, -0.1) is 0 Å². The summed E-state index contributed by atoms with van der Waals surface area (Å²) in [5, 5.41) is 3.17. The van der Waals surface area contributed by atoms with Crippen molar-refractivity contribution in [3.05, 3.63) is 29.3 Å². The average Bonchev–Trinajstić information content (AvgIpc) is 2.72. The Hall–Kier alpha value is -1.44. The number of nitrogens with one attached hydrogen (secondary N) is 1. The molecule has 0 unspecified atom stereocenters. The minimum Gasteiger partial charge on any atom is -0.379 e. The van der Waals surface area contributed by atoms with Crippen molar-refractivity contribution in [2.75, 3.05) is 32.8 Å². The lowest BCUT2D eigenvalue weighted by Crippen LogP contribution is -2.51. The summed E-state index contributed by atoms with van der Waals surface area (Å²) in [5.41, 5.74) is 1.36. The molecule has 7 heteroatoms. The molecule has 30 heavy (non-hydrogen) atoms. The Balaban J connectivity index is 1.31. The van der Waals surface area contributed by atoms with Gasteiger partial charge in [0.2, 0.25) is 10.0 Å². The second-order valence-electron chi connectivity index (χ2n) is 10.1. The van der Waals surface area contributed by atoms with Crippen LogP contribution in [0.25, 0.3) is 0 Å². The molecule has 4 aliphatic carbocycles. The number of carbonyl (C=O) groups excluding carboxylic acids is 1. The van der Waals surface area contributed by atoms with E-state index in [2.05, 4.69) is 5.32 Å². The van der Waals surface area contributed by atoms with Crippen molar-refractivity contribution >= 4 is 15.9 Å². The summed E-state index contributed by atoms with van der Waals surface area (Å²) in [4.78, 5) is 13.2. The molecule has 1 N–H and O–H groups in total. The molecule has 6 nitrogen and oxygen atoms in total. The van der Waals surface area contributed by atoms with E-state index in [9.17, 15) is 13.2 Å². The minimum absolute atomic E-state index is 0.163. The number of aryl methyl sites for hydroxylation is 1. The smallest absolute Gasteiger partial charge is 0.251 e. The number of amides is 1. The maximum Gasteiger partial charge on any atom is 0.251 e. The number of ether oxygens (including phenoxy) is 1. The third-order valence-corrected chi connectivity index (χ3v) is 9.87. The number of carbonyl (C=O) groups is 1. The third-order valence-electron chi connectivity index (χ3n) is 7.83. The van der Waals surface area contributed by atoms with Crippen LogP contribution in [0, 0.1) is 30.1 Å².